The van der Waals surface area contributed by atoms with E-state index in [0.717, 1.165) is 31.7 Å². The highest BCUT2D eigenvalue weighted by molar-refractivity contribution is 5.81. The second-order valence-electron chi connectivity index (χ2n) is 6.28. The van der Waals surface area contributed by atoms with Crippen LogP contribution in [0.3, 0.4) is 0 Å². The lowest BCUT2D eigenvalue weighted by Gasteiger charge is -2.38. The number of rotatable bonds is 3. The third kappa shape index (κ3) is 2.69. The Kier molecular flexibility index (Phi) is 3.72. The standard InChI is InChI=1S/C17H23N3/c1-17(13-18)7-10-20(11-8-17)12-15-5-2-4-14-6-3-9-19-16(14)15/h2-6,9H,7-8,10-13,18H2,1H3. The lowest BCUT2D eigenvalue weighted by molar-refractivity contribution is 0.119. The molecule has 0 radical (unpaired) electrons. The Bertz CT molecular complexity index is 580. The van der Waals surface area contributed by atoms with Gasteiger partial charge in [-0.2, -0.15) is 0 Å². The number of hydrogen-bond donors (Lipinski definition) is 1. The van der Waals surface area contributed by atoms with Crippen LogP contribution in [0.5, 0.6) is 0 Å². The van der Waals surface area contributed by atoms with Crippen LogP contribution in [-0.2, 0) is 6.54 Å². The van der Waals surface area contributed by atoms with Crippen molar-refractivity contribution in [3.63, 3.8) is 0 Å². The van der Waals surface area contributed by atoms with Crippen LogP contribution in [0.2, 0.25) is 0 Å². The van der Waals surface area contributed by atoms with Crippen molar-refractivity contribution in [2.45, 2.75) is 26.3 Å². The van der Waals surface area contributed by atoms with Crippen molar-refractivity contribution in [3.05, 3.63) is 42.1 Å². The second kappa shape index (κ2) is 5.51. The van der Waals surface area contributed by atoms with Crippen LogP contribution < -0.4 is 5.73 Å². The Labute approximate surface area is 120 Å². The summed E-state index contributed by atoms with van der Waals surface area (Å²) in [4.78, 5) is 7.07. The number of likely N-dealkylation sites (tertiary alicyclic amines) is 1. The van der Waals surface area contributed by atoms with E-state index < -0.39 is 0 Å². The average molecular weight is 269 g/mol. The molecule has 1 aromatic heterocycles. The Morgan fingerprint density at radius 3 is 2.70 bits per heavy atom. The molecule has 0 saturated carbocycles. The first-order chi connectivity index (χ1) is 9.70. The summed E-state index contributed by atoms with van der Waals surface area (Å²) in [5, 5.41) is 1.23. The Morgan fingerprint density at radius 2 is 1.95 bits per heavy atom. The molecule has 0 bridgehead atoms. The highest BCUT2D eigenvalue weighted by atomic mass is 15.1. The molecule has 1 aromatic carbocycles. The topological polar surface area (TPSA) is 42.1 Å². The van der Waals surface area contributed by atoms with Crippen molar-refractivity contribution in [1.29, 1.82) is 0 Å². The second-order valence-corrected chi connectivity index (χ2v) is 6.28. The first kappa shape index (κ1) is 13.5. The first-order valence-corrected chi connectivity index (χ1v) is 7.45. The molecule has 106 valence electrons. The Morgan fingerprint density at radius 1 is 1.20 bits per heavy atom. The molecule has 1 saturated heterocycles. The van der Waals surface area contributed by atoms with E-state index in [4.69, 9.17) is 5.73 Å². The summed E-state index contributed by atoms with van der Waals surface area (Å²) in [6, 6.07) is 10.6. The minimum Gasteiger partial charge on any atom is -0.330 e. The summed E-state index contributed by atoms with van der Waals surface area (Å²) in [6.07, 6.45) is 4.27. The van der Waals surface area contributed by atoms with Crippen molar-refractivity contribution in [2.75, 3.05) is 19.6 Å². The van der Waals surface area contributed by atoms with Crippen LogP contribution in [0.4, 0.5) is 0 Å². The summed E-state index contributed by atoms with van der Waals surface area (Å²) in [6.45, 7) is 6.38. The van der Waals surface area contributed by atoms with Gasteiger partial charge in [0.2, 0.25) is 0 Å². The third-order valence-electron chi connectivity index (χ3n) is 4.67. The summed E-state index contributed by atoms with van der Waals surface area (Å²) in [5.41, 5.74) is 8.70. The Balaban J connectivity index is 1.75. The van der Waals surface area contributed by atoms with Gasteiger partial charge in [-0.05, 0) is 49.5 Å². The van der Waals surface area contributed by atoms with Gasteiger partial charge < -0.3 is 5.73 Å². The summed E-state index contributed by atoms with van der Waals surface area (Å²) in [7, 11) is 0. The molecule has 0 unspecified atom stereocenters. The highest BCUT2D eigenvalue weighted by Crippen LogP contribution is 2.30. The van der Waals surface area contributed by atoms with E-state index in [2.05, 4.69) is 41.1 Å². The maximum atomic E-state index is 5.88. The lowest BCUT2D eigenvalue weighted by Crippen LogP contribution is -2.41. The summed E-state index contributed by atoms with van der Waals surface area (Å²) >= 11 is 0. The summed E-state index contributed by atoms with van der Waals surface area (Å²) in [5.74, 6) is 0. The normalized spacial score (nSPS) is 19.3. The van der Waals surface area contributed by atoms with E-state index in [1.807, 2.05) is 12.3 Å². The lowest BCUT2D eigenvalue weighted by atomic mass is 9.80. The van der Waals surface area contributed by atoms with Gasteiger partial charge in [0.15, 0.2) is 0 Å². The number of nitrogens with two attached hydrogens (primary N) is 1. The van der Waals surface area contributed by atoms with Crippen molar-refractivity contribution >= 4 is 10.9 Å². The number of para-hydroxylation sites is 1. The zero-order valence-electron chi connectivity index (χ0n) is 12.2. The number of pyridine rings is 1. The van der Waals surface area contributed by atoms with Crippen LogP contribution >= 0.6 is 0 Å². The summed E-state index contributed by atoms with van der Waals surface area (Å²) < 4.78 is 0. The molecule has 1 aliphatic heterocycles. The number of fused-ring (bicyclic) bond motifs is 1. The number of piperidine rings is 1. The molecule has 2 heterocycles. The van der Waals surface area contributed by atoms with Gasteiger partial charge >= 0.3 is 0 Å². The third-order valence-corrected chi connectivity index (χ3v) is 4.67. The number of nitrogens with zero attached hydrogens (tertiary/aromatic N) is 2. The van der Waals surface area contributed by atoms with E-state index in [1.54, 1.807) is 0 Å². The molecule has 2 aromatic rings. The molecule has 3 rings (SSSR count). The highest BCUT2D eigenvalue weighted by Gasteiger charge is 2.28. The van der Waals surface area contributed by atoms with Gasteiger partial charge in [-0.25, -0.2) is 0 Å². The minimum atomic E-state index is 0.341. The fourth-order valence-electron chi connectivity index (χ4n) is 2.99. The van der Waals surface area contributed by atoms with E-state index in [0.29, 0.717) is 5.41 Å². The van der Waals surface area contributed by atoms with Gasteiger partial charge in [-0.3, -0.25) is 9.88 Å². The fraction of sp³-hybridized carbons (Fsp3) is 0.471. The smallest absolute Gasteiger partial charge is 0.0746 e. The molecule has 1 fully saturated rings. The van der Waals surface area contributed by atoms with Crippen LogP contribution in [0.1, 0.15) is 25.3 Å². The van der Waals surface area contributed by atoms with Crippen LogP contribution in [0.15, 0.2) is 36.5 Å². The quantitative estimate of drug-likeness (QED) is 0.931. The van der Waals surface area contributed by atoms with Crippen molar-refractivity contribution in [1.82, 2.24) is 9.88 Å². The molecule has 20 heavy (non-hydrogen) atoms. The van der Waals surface area contributed by atoms with E-state index in [-0.39, 0.29) is 0 Å². The van der Waals surface area contributed by atoms with E-state index >= 15 is 0 Å². The molecule has 0 atom stereocenters. The molecule has 1 aliphatic rings. The monoisotopic (exact) mass is 269 g/mol. The molecular formula is C17H23N3. The predicted octanol–water partition coefficient (Wildman–Crippen LogP) is 2.80. The minimum absolute atomic E-state index is 0.341. The van der Waals surface area contributed by atoms with Gasteiger partial charge in [0.1, 0.15) is 0 Å². The number of aromatic nitrogens is 1. The molecular weight excluding hydrogens is 246 g/mol. The molecule has 0 amide bonds. The zero-order chi connectivity index (χ0) is 14.0. The first-order valence-electron chi connectivity index (χ1n) is 7.45. The van der Waals surface area contributed by atoms with Gasteiger partial charge in [0.25, 0.3) is 0 Å². The SMILES string of the molecule is CC1(CN)CCN(Cc2cccc3cccnc23)CC1. The maximum Gasteiger partial charge on any atom is 0.0746 e. The van der Waals surface area contributed by atoms with E-state index in [9.17, 15) is 0 Å². The van der Waals surface area contributed by atoms with Crippen molar-refractivity contribution in [3.8, 4) is 0 Å². The molecule has 0 spiro atoms. The van der Waals surface area contributed by atoms with Crippen LogP contribution in [-0.4, -0.2) is 29.5 Å². The molecule has 0 aliphatic carbocycles. The van der Waals surface area contributed by atoms with Gasteiger partial charge in [-0.15, -0.1) is 0 Å². The predicted molar refractivity (Wildman–Crippen MR) is 83.4 cm³/mol. The maximum absolute atomic E-state index is 5.88. The number of hydrogen-bond acceptors (Lipinski definition) is 3. The van der Waals surface area contributed by atoms with Gasteiger partial charge in [0, 0.05) is 18.1 Å². The average Bonchev–Trinajstić information content (AvgIpc) is 2.50. The fourth-order valence-corrected chi connectivity index (χ4v) is 2.99. The molecule has 3 nitrogen and oxygen atoms in total. The van der Waals surface area contributed by atoms with Crippen LogP contribution in [0.25, 0.3) is 10.9 Å². The van der Waals surface area contributed by atoms with E-state index in [1.165, 1.54) is 23.8 Å². The van der Waals surface area contributed by atoms with Gasteiger partial charge in [-0.1, -0.05) is 31.2 Å². The molecule has 2 N–H and O–H groups in total. The zero-order valence-corrected chi connectivity index (χ0v) is 12.2. The Hall–Kier alpha value is -1.45. The van der Waals surface area contributed by atoms with Crippen molar-refractivity contribution < 1.29 is 0 Å². The molecule has 3 heteroatoms. The van der Waals surface area contributed by atoms with Gasteiger partial charge in [0.05, 0.1) is 5.52 Å². The van der Waals surface area contributed by atoms with Crippen molar-refractivity contribution in [2.24, 2.45) is 11.1 Å². The largest absolute Gasteiger partial charge is 0.330 e. The van der Waals surface area contributed by atoms with Crippen LogP contribution in [0, 0.1) is 5.41 Å². The number of benzene rings is 1.